The number of nitrogens with one attached hydrogen (secondary N) is 2. The molecule has 1 aliphatic rings. The molecule has 1 aromatic carbocycles. The third kappa shape index (κ3) is 5.96. The van der Waals surface area contributed by atoms with Crippen LogP contribution >= 0.6 is 0 Å². The van der Waals surface area contributed by atoms with Gasteiger partial charge in [0.1, 0.15) is 0 Å². The standard InChI is InChI=1S/C19H29N3O3/c1-4-25-19(24)22-11-8-17(9-12-22)21-18(23)20-10-7-16-6-5-14(2)13-15(16)3/h5-6,13,17H,4,7-12H2,1-3H3,(H2,20,21,23). The summed E-state index contributed by atoms with van der Waals surface area (Å²) in [6.45, 7) is 8.21. The molecular formula is C19H29N3O3. The number of amides is 3. The first kappa shape index (κ1) is 19.1. The fourth-order valence-electron chi connectivity index (χ4n) is 3.09. The van der Waals surface area contributed by atoms with Crippen LogP contribution in [0.4, 0.5) is 9.59 Å². The molecule has 1 fully saturated rings. The molecular weight excluding hydrogens is 318 g/mol. The minimum absolute atomic E-state index is 0.104. The molecule has 0 spiro atoms. The molecule has 0 atom stereocenters. The molecule has 25 heavy (non-hydrogen) atoms. The molecule has 2 rings (SSSR count). The lowest BCUT2D eigenvalue weighted by Crippen LogP contribution is -2.49. The monoisotopic (exact) mass is 347 g/mol. The maximum atomic E-state index is 12.0. The Morgan fingerprint density at radius 1 is 1.24 bits per heavy atom. The van der Waals surface area contributed by atoms with Gasteiger partial charge in [0.25, 0.3) is 0 Å². The topological polar surface area (TPSA) is 70.7 Å². The molecule has 3 amide bonds. The quantitative estimate of drug-likeness (QED) is 0.860. The van der Waals surface area contributed by atoms with Gasteiger partial charge in [0, 0.05) is 25.7 Å². The Labute approximate surface area is 149 Å². The third-order valence-corrected chi connectivity index (χ3v) is 4.53. The number of urea groups is 1. The maximum Gasteiger partial charge on any atom is 0.409 e. The summed E-state index contributed by atoms with van der Waals surface area (Å²) in [5.41, 5.74) is 3.77. The number of rotatable bonds is 5. The molecule has 1 saturated heterocycles. The average molecular weight is 347 g/mol. The van der Waals surface area contributed by atoms with Gasteiger partial charge in [-0.05, 0) is 51.2 Å². The van der Waals surface area contributed by atoms with Gasteiger partial charge in [-0.1, -0.05) is 23.8 Å². The van der Waals surface area contributed by atoms with Crippen molar-refractivity contribution in [3.05, 3.63) is 34.9 Å². The van der Waals surface area contributed by atoms with E-state index in [1.54, 1.807) is 11.8 Å². The highest BCUT2D eigenvalue weighted by atomic mass is 16.6. The molecule has 6 nitrogen and oxygen atoms in total. The van der Waals surface area contributed by atoms with Crippen molar-refractivity contribution in [2.24, 2.45) is 0 Å². The molecule has 2 N–H and O–H groups in total. The van der Waals surface area contributed by atoms with E-state index in [4.69, 9.17) is 4.74 Å². The highest BCUT2D eigenvalue weighted by Gasteiger charge is 2.24. The molecule has 6 heteroatoms. The normalized spacial score (nSPS) is 14.9. The van der Waals surface area contributed by atoms with Gasteiger partial charge >= 0.3 is 12.1 Å². The predicted octanol–water partition coefficient (Wildman–Crippen LogP) is 2.77. The zero-order chi connectivity index (χ0) is 18.2. The molecule has 0 saturated carbocycles. The van der Waals surface area contributed by atoms with E-state index in [1.807, 2.05) is 0 Å². The summed E-state index contributed by atoms with van der Waals surface area (Å²) >= 11 is 0. The van der Waals surface area contributed by atoms with Crippen molar-refractivity contribution in [1.29, 1.82) is 0 Å². The van der Waals surface area contributed by atoms with Gasteiger partial charge in [-0.15, -0.1) is 0 Å². The molecule has 1 heterocycles. The Hall–Kier alpha value is -2.24. The predicted molar refractivity (Wildman–Crippen MR) is 97.8 cm³/mol. The molecule has 1 aromatic rings. The number of carbonyl (C=O) groups is 2. The summed E-state index contributed by atoms with van der Waals surface area (Å²) in [5.74, 6) is 0. The molecule has 0 aliphatic carbocycles. The number of carbonyl (C=O) groups excluding carboxylic acids is 2. The summed E-state index contributed by atoms with van der Waals surface area (Å²) in [6.07, 6.45) is 2.06. The van der Waals surface area contributed by atoms with Crippen molar-refractivity contribution in [2.45, 2.75) is 46.1 Å². The first-order chi connectivity index (χ1) is 12.0. The zero-order valence-electron chi connectivity index (χ0n) is 15.4. The first-order valence-corrected chi connectivity index (χ1v) is 9.01. The van der Waals surface area contributed by atoms with Crippen molar-refractivity contribution >= 4 is 12.1 Å². The first-order valence-electron chi connectivity index (χ1n) is 9.01. The minimum Gasteiger partial charge on any atom is -0.450 e. The van der Waals surface area contributed by atoms with E-state index in [2.05, 4.69) is 42.7 Å². The minimum atomic E-state index is -0.265. The van der Waals surface area contributed by atoms with Crippen LogP contribution in [-0.2, 0) is 11.2 Å². The summed E-state index contributed by atoms with van der Waals surface area (Å²) in [4.78, 5) is 25.4. The van der Waals surface area contributed by atoms with Crippen LogP contribution in [0.25, 0.3) is 0 Å². The highest BCUT2D eigenvalue weighted by molar-refractivity contribution is 5.74. The van der Waals surface area contributed by atoms with Crippen LogP contribution in [0.1, 0.15) is 36.5 Å². The number of ether oxygens (including phenoxy) is 1. The summed E-state index contributed by atoms with van der Waals surface area (Å²) in [6, 6.07) is 6.34. The Bertz CT molecular complexity index is 596. The molecule has 0 unspecified atom stereocenters. The average Bonchev–Trinajstić information content (AvgIpc) is 2.57. The number of aryl methyl sites for hydroxylation is 2. The van der Waals surface area contributed by atoms with E-state index >= 15 is 0 Å². The van der Waals surface area contributed by atoms with E-state index < -0.39 is 0 Å². The Morgan fingerprint density at radius 2 is 1.96 bits per heavy atom. The number of nitrogens with zero attached hydrogens (tertiary/aromatic N) is 1. The van der Waals surface area contributed by atoms with Crippen molar-refractivity contribution in [3.63, 3.8) is 0 Å². The SMILES string of the molecule is CCOC(=O)N1CCC(NC(=O)NCCc2ccc(C)cc2C)CC1. The van der Waals surface area contributed by atoms with Crippen molar-refractivity contribution in [3.8, 4) is 0 Å². The lowest BCUT2D eigenvalue weighted by atomic mass is 10.0. The largest absolute Gasteiger partial charge is 0.450 e. The maximum absolute atomic E-state index is 12.0. The Balaban J connectivity index is 1.67. The van der Waals surface area contributed by atoms with Gasteiger partial charge in [0.05, 0.1) is 6.61 Å². The van der Waals surface area contributed by atoms with E-state index in [0.29, 0.717) is 26.2 Å². The molecule has 0 radical (unpaired) electrons. The number of likely N-dealkylation sites (tertiary alicyclic amines) is 1. The Kier molecular flexibility index (Phi) is 7.10. The van der Waals surface area contributed by atoms with Crippen LogP contribution < -0.4 is 10.6 Å². The second-order valence-corrected chi connectivity index (χ2v) is 6.54. The van der Waals surface area contributed by atoms with Gasteiger partial charge in [-0.2, -0.15) is 0 Å². The number of piperidine rings is 1. The lowest BCUT2D eigenvalue weighted by molar-refractivity contribution is 0.0957. The van der Waals surface area contributed by atoms with E-state index in [-0.39, 0.29) is 18.2 Å². The molecule has 0 bridgehead atoms. The van der Waals surface area contributed by atoms with Gasteiger partial charge in [0.15, 0.2) is 0 Å². The molecule has 1 aliphatic heterocycles. The summed E-state index contributed by atoms with van der Waals surface area (Å²) < 4.78 is 5.00. The fraction of sp³-hybridized carbons (Fsp3) is 0.579. The second kappa shape index (κ2) is 9.30. The van der Waals surface area contributed by atoms with E-state index in [0.717, 1.165) is 19.3 Å². The Morgan fingerprint density at radius 3 is 2.60 bits per heavy atom. The number of hydrogen-bond donors (Lipinski definition) is 2. The second-order valence-electron chi connectivity index (χ2n) is 6.54. The van der Waals surface area contributed by atoms with Crippen LogP contribution in [0.15, 0.2) is 18.2 Å². The van der Waals surface area contributed by atoms with Crippen molar-refractivity contribution in [2.75, 3.05) is 26.2 Å². The van der Waals surface area contributed by atoms with Crippen LogP contribution in [0.5, 0.6) is 0 Å². The summed E-state index contributed by atoms with van der Waals surface area (Å²) in [5, 5.41) is 5.91. The van der Waals surface area contributed by atoms with Crippen LogP contribution in [-0.4, -0.2) is 49.3 Å². The molecule has 138 valence electrons. The molecule has 0 aromatic heterocycles. The van der Waals surface area contributed by atoms with Gasteiger partial charge in [-0.3, -0.25) is 0 Å². The van der Waals surface area contributed by atoms with Crippen LogP contribution in [0.3, 0.4) is 0 Å². The van der Waals surface area contributed by atoms with Gasteiger partial charge in [0.2, 0.25) is 0 Å². The van der Waals surface area contributed by atoms with Crippen molar-refractivity contribution < 1.29 is 14.3 Å². The van der Waals surface area contributed by atoms with Gasteiger partial charge in [-0.25, -0.2) is 9.59 Å². The third-order valence-electron chi connectivity index (χ3n) is 4.53. The zero-order valence-corrected chi connectivity index (χ0v) is 15.4. The van der Waals surface area contributed by atoms with Crippen LogP contribution in [0, 0.1) is 13.8 Å². The lowest BCUT2D eigenvalue weighted by Gasteiger charge is -2.31. The van der Waals surface area contributed by atoms with Gasteiger partial charge < -0.3 is 20.3 Å². The van der Waals surface area contributed by atoms with E-state index in [9.17, 15) is 9.59 Å². The smallest absolute Gasteiger partial charge is 0.409 e. The van der Waals surface area contributed by atoms with E-state index in [1.165, 1.54) is 16.7 Å². The van der Waals surface area contributed by atoms with Crippen molar-refractivity contribution in [1.82, 2.24) is 15.5 Å². The summed E-state index contributed by atoms with van der Waals surface area (Å²) in [7, 11) is 0. The number of benzene rings is 1. The van der Waals surface area contributed by atoms with Crippen LogP contribution in [0.2, 0.25) is 0 Å². The fourth-order valence-corrected chi connectivity index (χ4v) is 3.09. The number of hydrogen-bond acceptors (Lipinski definition) is 3. The highest BCUT2D eigenvalue weighted by Crippen LogP contribution is 2.12.